The Bertz CT molecular complexity index is 662. The van der Waals surface area contributed by atoms with Crippen LogP contribution in [0.2, 0.25) is 0 Å². The topological polar surface area (TPSA) is 43.4 Å². The summed E-state index contributed by atoms with van der Waals surface area (Å²) in [5.74, 6) is -0.735. The highest BCUT2D eigenvalue weighted by molar-refractivity contribution is 5.99. The number of benzene rings is 2. The minimum Gasteiger partial charge on any atom is -0.469 e. The van der Waals surface area contributed by atoms with Crippen molar-refractivity contribution >= 4 is 11.8 Å². The predicted molar refractivity (Wildman–Crippen MR) is 90.4 cm³/mol. The summed E-state index contributed by atoms with van der Waals surface area (Å²) in [6.45, 7) is 1.91. The molecule has 0 radical (unpaired) electrons. The number of rotatable bonds is 7. The average molecular weight is 310 g/mol. The van der Waals surface area contributed by atoms with E-state index in [0.717, 1.165) is 17.5 Å². The van der Waals surface area contributed by atoms with E-state index in [0.29, 0.717) is 12.0 Å². The van der Waals surface area contributed by atoms with Crippen molar-refractivity contribution in [1.82, 2.24) is 0 Å². The third-order valence-corrected chi connectivity index (χ3v) is 4.04. The lowest BCUT2D eigenvalue weighted by molar-refractivity contribution is -0.145. The van der Waals surface area contributed by atoms with Gasteiger partial charge < -0.3 is 4.74 Å². The summed E-state index contributed by atoms with van der Waals surface area (Å²) >= 11 is 0. The van der Waals surface area contributed by atoms with Gasteiger partial charge in [0.1, 0.15) is 0 Å². The molecular formula is C20H22O3. The first-order valence-electron chi connectivity index (χ1n) is 7.82. The molecule has 0 saturated heterocycles. The van der Waals surface area contributed by atoms with Gasteiger partial charge in [-0.05, 0) is 30.9 Å². The second kappa shape index (κ2) is 8.28. The van der Waals surface area contributed by atoms with E-state index in [1.165, 1.54) is 7.11 Å². The first-order chi connectivity index (χ1) is 11.1. The van der Waals surface area contributed by atoms with Gasteiger partial charge in [-0.25, -0.2) is 0 Å². The molecule has 0 amide bonds. The summed E-state index contributed by atoms with van der Waals surface area (Å²) in [4.78, 5) is 24.5. The van der Waals surface area contributed by atoms with Gasteiger partial charge in [0, 0.05) is 12.0 Å². The first-order valence-corrected chi connectivity index (χ1v) is 7.82. The molecule has 1 unspecified atom stereocenters. The molecule has 2 rings (SSSR count). The fourth-order valence-corrected chi connectivity index (χ4v) is 2.67. The van der Waals surface area contributed by atoms with E-state index in [-0.39, 0.29) is 18.2 Å². The van der Waals surface area contributed by atoms with E-state index in [2.05, 4.69) is 0 Å². The number of hydrogen-bond acceptors (Lipinski definition) is 3. The van der Waals surface area contributed by atoms with Crippen molar-refractivity contribution in [2.75, 3.05) is 7.11 Å². The first kappa shape index (κ1) is 16.9. The number of Topliss-reactive ketones (excluding diaryl/α,β-unsaturated/α-hetero) is 1. The van der Waals surface area contributed by atoms with E-state index in [1.54, 1.807) is 0 Å². The van der Waals surface area contributed by atoms with Crippen LogP contribution in [0.25, 0.3) is 0 Å². The highest BCUT2D eigenvalue weighted by Crippen LogP contribution is 2.19. The Labute approximate surface area is 137 Å². The fourth-order valence-electron chi connectivity index (χ4n) is 2.67. The Morgan fingerprint density at radius 2 is 1.65 bits per heavy atom. The standard InChI is InChI=1S/C20H22O3/c1-15-8-6-7-11-18(15)19(21)14-17(20(22)23-2)13-12-16-9-4-3-5-10-16/h3-11,17H,12-14H2,1-2H3. The smallest absolute Gasteiger partial charge is 0.309 e. The molecule has 0 heterocycles. The minimum absolute atomic E-state index is 0.00781. The molecule has 0 spiro atoms. The van der Waals surface area contributed by atoms with Gasteiger partial charge in [-0.15, -0.1) is 0 Å². The molecule has 2 aromatic rings. The van der Waals surface area contributed by atoms with E-state index >= 15 is 0 Å². The van der Waals surface area contributed by atoms with Crippen LogP contribution in [0.3, 0.4) is 0 Å². The largest absolute Gasteiger partial charge is 0.469 e. The SMILES string of the molecule is COC(=O)C(CCc1ccccc1)CC(=O)c1ccccc1C. The molecular weight excluding hydrogens is 288 g/mol. The van der Waals surface area contributed by atoms with E-state index < -0.39 is 5.92 Å². The van der Waals surface area contributed by atoms with Gasteiger partial charge in [-0.1, -0.05) is 54.6 Å². The zero-order chi connectivity index (χ0) is 16.7. The van der Waals surface area contributed by atoms with Crippen molar-refractivity contribution < 1.29 is 14.3 Å². The van der Waals surface area contributed by atoms with Crippen LogP contribution in [-0.2, 0) is 16.0 Å². The molecule has 3 nitrogen and oxygen atoms in total. The third-order valence-electron chi connectivity index (χ3n) is 4.04. The molecule has 0 bridgehead atoms. The number of methoxy groups -OCH3 is 1. The summed E-state index contributed by atoms with van der Waals surface area (Å²) < 4.78 is 4.88. The molecule has 0 aliphatic carbocycles. The molecule has 0 N–H and O–H groups in total. The van der Waals surface area contributed by atoms with Gasteiger partial charge in [-0.3, -0.25) is 9.59 Å². The van der Waals surface area contributed by atoms with Crippen molar-refractivity contribution in [2.45, 2.75) is 26.2 Å². The molecule has 1 atom stereocenters. The van der Waals surface area contributed by atoms with Crippen LogP contribution in [0.1, 0.15) is 34.3 Å². The lowest BCUT2D eigenvalue weighted by Crippen LogP contribution is -2.21. The molecule has 3 heteroatoms. The lowest BCUT2D eigenvalue weighted by Gasteiger charge is -2.14. The summed E-state index contributed by atoms with van der Waals surface area (Å²) in [5.41, 5.74) is 2.77. The van der Waals surface area contributed by atoms with Gasteiger partial charge in [0.05, 0.1) is 13.0 Å². The van der Waals surface area contributed by atoms with Crippen LogP contribution in [-0.4, -0.2) is 18.9 Å². The van der Waals surface area contributed by atoms with Gasteiger partial charge in [-0.2, -0.15) is 0 Å². The average Bonchev–Trinajstić information content (AvgIpc) is 2.59. The van der Waals surface area contributed by atoms with Crippen molar-refractivity contribution in [1.29, 1.82) is 0 Å². The van der Waals surface area contributed by atoms with E-state index in [4.69, 9.17) is 4.74 Å². The Kier molecular flexibility index (Phi) is 6.10. The molecule has 0 aliphatic rings. The summed E-state index contributed by atoms with van der Waals surface area (Å²) in [6, 6.07) is 17.4. The van der Waals surface area contributed by atoms with Crippen LogP contribution >= 0.6 is 0 Å². The quantitative estimate of drug-likeness (QED) is 0.573. The Morgan fingerprint density at radius 3 is 2.30 bits per heavy atom. The van der Waals surface area contributed by atoms with Crippen molar-refractivity contribution in [3.05, 3.63) is 71.3 Å². The van der Waals surface area contributed by atoms with Crippen LogP contribution in [0.4, 0.5) is 0 Å². The number of aryl methyl sites for hydroxylation is 2. The van der Waals surface area contributed by atoms with Crippen molar-refractivity contribution in [2.24, 2.45) is 5.92 Å². The molecule has 0 aliphatic heterocycles. The molecule has 0 fully saturated rings. The number of carbonyl (C=O) groups is 2. The summed E-state index contributed by atoms with van der Waals surface area (Å²) in [6.07, 6.45) is 1.54. The van der Waals surface area contributed by atoms with Gasteiger partial charge in [0.2, 0.25) is 0 Å². The maximum absolute atomic E-state index is 12.5. The predicted octanol–water partition coefficient (Wildman–Crippen LogP) is 3.99. The van der Waals surface area contributed by atoms with Crippen LogP contribution in [0.15, 0.2) is 54.6 Å². The van der Waals surface area contributed by atoms with Crippen molar-refractivity contribution in [3.8, 4) is 0 Å². The monoisotopic (exact) mass is 310 g/mol. The summed E-state index contributed by atoms with van der Waals surface area (Å²) in [5, 5.41) is 0. The van der Waals surface area contributed by atoms with Crippen molar-refractivity contribution in [3.63, 3.8) is 0 Å². The molecule has 23 heavy (non-hydrogen) atoms. The van der Waals surface area contributed by atoms with Crippen LogP contribution in [0, 0.1) is 12.8 Å². The maximum atomic E-state index is 12.5. The van der Waals surface area contributed by atoms with Gasteiger partial charge >= 0.3 is 5.97 Å². The summed E-state index contributed by atoms with van der Waals surface area (Å²) in [7, 11) is 1.37. The van der Waals surface area contributed by atoms with E-state index in [1.807, 2.05) is 61.5 Å². The molecule has 0 aromatic heterocycles. The normalized spacial score (nSPS) is 11.7. The van der Waals surface area contributed by atoms with E-state index in [9.17, 15) is 9.59 Å². The number of ether oxygens (including phenoxy) is 1. The Hall–Kier alpha value is -2.42. The molecule has 2 aromatic carbocycles. The fraction of sp³-hybridized carbons (Fsp3) is 0.300. The van der Waals surface area contributed by atoms with Crippen LogP contribution in [0.5, 0.6) is 0 Å². The third kappa shape index (κ3) is 4.78. The highest BCUT2D eigenvalue weighted by Gasteiger charge is 2.23. The highest BCUT2D eigenvalue weighted by atomic mass is 16.5. The molecule has 0 saturated carbocycles. The second-order valence-electron chi connectivity index (χ2n) is 5.69. The maximum Gasteiger partial charge on any atom is 0.309 e. The number of ketones is 1. The zero-order valence-corrected chi connectivity index (χ0v) is 13.6. The number of carbonyl (C=O) groups excluding carboxylic acids is 2. The van der Waals surface area contributed by atoms with Gasteiger partial charge in [0.25, 0.3) is 0 Å². The minimum atomic E-state index is -0.410. The zero-order valence-electron chi connectivity index (χ0n) is 13.6. The molecule has 120 valence electrons. The number of hydrogen-bond donors (Lipinski definition) is 0. The van der Waals surface area contributed by atoms with Crippen LogP contribution < -0.4 is 0 Å². The Morgan fingerprint density at radius 1 is 1.00 bits per heavy atom. The lowest BCUT2D eigenvalue weighted by atomic mass is 9.91. The Balaban J connectivity index is 2.05. The van der Waals surface area contributed by atoms with Gasteiger partial charge in [0.15, 0.2) is 5.78 Å². The second-order valence-corrected chi connectivity index (χ2v) is 5.69. The number of esters is 1.